The van der Waals surface area contributed by atoms with Crippen LogP contribution in [0.2, 0.25) is 0 Å². The van der Waals surface area contributed by atoms with Gasteiger partial charge >= 0.3 is 0 Å². The summed E-state index contributed by atoms with van der Waals surface area (Å²) in [5.41, 5.74) is 5.08. The van der Waals surface area contributed by atoms with Gasteiger partial charge in [-0.25, -0.2) is 9.77 Å². The molecule has 2 aromatic heterocycles. The van der Waals surface area contributed by atoms with Crippen molar-refractivity contribution in [3.8, 4) is 22.9 Å². The van der Waals surface area contributed by atoms with E-state index in [0.717, 1.165) is 15.6 Å². The molecule has 3 rings (SSSR count). The summed E-state index contributed by atoms with van der Waals surface area (Å²) >= 11 is 8.81. The van der Waals surface area contributed by atoms with Crippen LogP contribution < -0.4 is 14.9 Å². The number of benzene rings is 1. The number of nitrogens with one attached hydrogen (secondary N) is 2. The Morgan fingerprint density at radius 3 is 2.68 bits per heavy atom. The number of nitrogens with zero attached hydrogens (tertiary/aromatic N) is 3. The zero-order valence-corrected chi connectivity index (χ0v) is 16.0. The maximum absolute atomic E-state index is 5.48. The molecule has 0 spiro atoms. The number of rotatable bonds is 6. The largest absolute Gasteiger partial charge is 0.493 e. The van der Waals surface area contributed by atoms with Gasteiger partial charge in [0.1, 0.15) is 0 Å². The summed E-state index contributed by atoms with van der Waals surface area (Å²) < 4.78 is 13.9. The number of methoxy groups -OCH3 is 2. The number of pyridine rings is 1. The quantitative estimate of drug-likeness (QED) is 0.592. The zero-order chi connectivity index (χ0) is 17.8. The minimum Gasteiger partial charge on any atom is -0.493 e. The van der Waals surface area contributed by atoms with E-state index in [2.05, 4.69) is 36.5 Å². The first kappa shape index (κ1) is 17.4. The lowest BCUT2D eigenvalue weighted by Gasteiger charge is -2.15. The van der Waals surface area contributed by atoms with Crippen molar-refractivity contribution in [2.75, 3.05) is 19.6 Å². The lowest BCUT2D eigenvalue weighted by molar-refractivity contribution is 0.351. The molecule has 0 radical (unpaired) electrons. The lowest BCUT2D eigenvalue weighted by atomic mass is 10.2. The van der Waals surface area contributed by atoms with Crippen LogP contribution in [0.5, 0.6) is 11.5 Å². The lowest BCUT2D eigenvalue weighted by Crippen LogP contribution is -2.16. The molecule has 0 saturated heterocycles. The molecule has 25 heavy (non-hydrogen) atoms. The highest BCUT2D eigenvalue weighted by atomic mass is 79.9. The van der Waals surface area contributed by atoms with E-state index in [1.54, 1.807) is 31.3 Å². The van der Waals surface area contributed by atoms with E-state index in [1.165, 1.54) is 0 Å². The van der Waals surface area contributed by atoms with Crippen molar-refractivity contribution >= 4 is 28.1 Å². The molecule has 2 N–H and O–H groups in total. The van der Waals surface area contributed by atoms with Gasteiger partial charge in [-0.15, -0.1) is 0 Å². The fraction of sp³-hybridized carbons (Fsp3) is 0.188. The van der Waals surface area contributed by atoms with Crippen LogP contribution in [-0.2, 0) is 6.54 Å². The Hall–Kier alpha value is -2.39. The van der Waals surface area contributed by atoms with E-state index < -0.39 is 0 Å². The Morgan fingerprint density at radius 2 is 2.00 bits per heavy atom. The van der Waals surface area contributed by atoms with Crippen LogP contribution >= 0.6 is 28.1 Å². The maximum atomic E-state index is 5.48. The highest BCUT2D eigenvalue weighted by molar-refractivity contribution is 9.10. The number of hydrogen-bond acceptors (Lipinski definition) is 6. The number of H-pyrrole nitrogens is 1. The number of aromatic nitrogens is 4. The molecule has 0 aliphatic carbocycles. The number of halogens is 1. The molecule has 0 atom stereocenters. The van der Waals surface area contributed by atoms with Gasteiger partial charge in [0.25, 0.3) is 0 Å². The van der Waals surface area contributed by atoms with Gasteiger partial charge < -0.3 is 14.9 Å². The normalized spacial score (nSPS) is 10.5. The Labute approximate surface area is 158 Å². The average Bonchev–Trinajstić information content (AvgIpc) is 3.00. The van der Waals surface area contributed by atoms with Crippen LogP contribution in [0, 0.1) is 4.77 Å². The van der Waals surface area contributed by atoms with Crippen molar-refractivity contribution in [1.82, 2.24) is 19.9 Å². The SMILES string of the molecule is COc1cc(Br)cc(CNn2c(-c3ccncc3)n[nH]c2=S)c1OC. The summed E-state index contributed by atoms with van der Waals surface area (Å²) in [7, 11) is 3.22. The second-order valence-corrected chi connectivity index (χ2v) is 6.36. The smallest absolute Gasteiger partial charge is 0.214 e. The van der Waals surface area contributed by atoms with E-state index in [4.69, 9.17) is 21.7 Å². The Balaban J connectivity index is 1.92. The predicted molar refractivity (Wildman–Crippen MR) is 101 cm³/mol. The molecule has 0 unspecified atom stereocenters. The van der Waals surface area contributed by atoms with Crippen LogP contribution in [0.15, 0.2) is 41.1 Å². The van der Waals surface area contributed by atoms with Gasteiger partial charge in [0.05, 0.1) is 20.8 Å². The molecule has 1 aromatic carbocycles. The van der Waals surface area contributed by atoms with Crippen molar-refractivity contribution < 1.29 is 9.47 Å². The van der Waals surface area contributed by atoms with Gasteiger partial charge in [-0.1, -0.05) is 15.9 Å². The van der Waals surface area contributed by atoms with Crippen LogP contribution in [0.1, 0.15) is 5.56 Å². The molecule has 0 aliphatic heterocycles. The monoisotopic (exact) mass is 421 g/mol. The van der Waals surface area contributed by atoms with Gasteiger partial charge in [0, 0.05) is 28.0 Å². The van der Waals surface area contributed by atoms with Crippen molar-refractivity contribution in [2.45, 2.75) is 6.54 Å². The number of hydrogen-bond donors (Lipinski definition) is 2. The van der Waals surface area contributed by atoms with Crippen molar-refractivity contribution in [1.29, 1.82) is 0 Å². The van der Waals surface area contributed by atoms with Gasteiger partial charge in [0.15, 0.2) is 17.3 Å². The summed E-state index contributed by atoms with van der Waals surface area (Å²) in [5.74, 6) is 1.99. The molecular weight excluding hydrogens is 406 g/mol. The van der Waals surface area contributed by atoms with Gasteiger partial charge in [0.2, 0.25) is 4.77 Å². The van der Waals surface area contributed by atoms with Crippen molar-refractivity contribution in [3.63, 3.8) is 0 Å². The Morgan fingerprint density at radius 1 is 1.24 bits per heavy atom. The van der Waals surface area contributed by atoms with Gasteiger partial charge in [-0.3, -0.25) is 4.98 Å². The highest BCUT2D eigenvalue weighted by Crippen LogP contribution is 2.34. The maximum Gasteiger partial charge on any atom is 0.214 e. The molecule has 9 heteroatoms. The minimum absolute atomic E-state index is 0.463. The summed E-state index contributed by atoms with van der Waals surface area (Å²) in [4.78, 5) is 4.02. The highest BCUT2D eigenvalue weighted by Gasteiger charge is 2.13. The fourth-order valence-corrected chi connectivity index (χ4v) is 3.12. The average molecular weight is 422 g/mol. The summed E-state index contributed by atoms with van der Waals surface area (Å²) in [5, 5.41) is 7.08. The van der Waals surface area contributed by atoms with Crippen molar-refractivity contribution in [2.24, 2.45) is 0 Å². The molecule has 7 nitrogen and oxygen atoms in total. The molecule has 3 aromatic rings. The number of aromatic amines is 1. The van der Waals surface area contributed by atoms with E-state index in [1.807, 2.05) is 24.3 Å². The second-order valence-electron chi connectivity index (χ2n) is 5.06. The Bertz CT molecular complexity index is 926. The third-order valence-corrected chi connectivity index (χ3v) is 4.29. The molecule has 130 valence electrons. The summed E-state index contributed by atoms with van der Waals surface area (Å²) in [6.07, 6.45) is 3.42. The summed E-state index contributed by atoms with van der Waals surface area (Å²) in [6.45, 7) is 0.463. The van der Waals surface area contributed by atoms with Crippen molar-refractivity contribution in [3.05, 3.63) is 51.5 Å². The predicted octanol–water partition coefficient (Wildman–Crippen LogP) is 3.53. The number of ether oxygens (including phenoxy) is 2. The van der Waals surface area contributed by atoms with E-state index in [-0.39, 0.29) is 0 Å². The van der Waals surface area contributed by atoms with Crippen LogP contribution in [0.3, 0.4) is 0 Å². The Kier molecular flexibility index (Phi) is 5.34. The van der Waals surface area contributed by atoms with E-state index in [9.17, 15) is 0 Å². The first-order valence-electron chi connectivity index (χ1n) is 7.36. The van der Waals surface area contributed by atoms with Crippen LogP contribution in [0.4, 0.5) is 0 Å². The molecule has 0 fully saturated rings. The first-order chi connectivity index (χ1) is 12.1. The molecule has 2 heterocycles. The van der Waals surface area contributed by atoms with Gasteiger partial charge in [-0.2, -0.15) is 5.10 Å². The third-order valence-electron chi connectivity index (χ3n) is 3.56. The molecule has 0 amide bonds. The summed E-state index contributed by atoms with van der Waals surface area (Å²) in [6, 6.07) is 7.55. The minimum atomic E-state index is 0.463. The molecule has 0 saturated carbocycles. The van der Waals surface area contributed by atoms with Gasteiger partial charge in [-0.05, 0) is 36.5 Å². The molecular formula is C16H16BrN5O2S. The molecule has 0 aliphatic rings. The van der Waals surface area contributed by atoms with E-state index in [0.29, 0.717) is 28.6 Å². The van der Waals surface area contributed by atoms with Crippen LogP contribution in [0.25, 0.3) is 11.4 Å². The topological polar surface area (TPSA) is 77.0 Å². The standard InChI is InChI=1S/C16H16BrN5O2S/c1-23-13-8-12(17)7-11(14(13)24-2)9-19-22-15(20-21-16(22)25)10-3-5-18-6-4-10/h3-8,19H,9H2,1-2H3,(H,21,25). The zero-order valence-electron chi connectivity index (χ0n) is 13.6. The molecule has 0 bridgehead atoms. The van der Waals surface area contributed by atoms with E-state index >= 15 is 0 Å². The second kappa shape index (κ2) is 7.66. The first-order valence-corrected chi connectivity index (χ1v) is 8.56. The fourth-order valence-electron chi connectivity index (χ4n) is 2.44. The third kappa shape index (κ3) is 3.67. The van der Waals surface area contributed by atoms with Crippen LogP contribution in [-0.4, -0.2) is 34.1 Å².